The van der Waals surface area contributed by atoms with Crippen LogP contribution in [-0.4, -0.2) is 0 Å². The average Bonchev–Trinajstić information content (AvgIpc) is 2.84. The molecule has 0 bridgehead atoms. The molecule has 1 heterocycles. The zero-order valence-corrected chi connectivity index (χ0v) is 11.9. The van der Waals surface area contributed by atoms with Crippen molar-refractivity contribution in [1.82, 2.24) is 0 Å². The van der Waals surface area contributed by atoms with Crippen molar-refractivity contribution >= 4 is 11.0 Å². The molecule has 2 heteroatoms. The number of aryl methyl sites for hydroxylation is 2. The maximum atomic E-state index is 6.30. The maximum absolute atomic E-state index is 6.30. The Hall–Kier alpha value is -2.06. The van der Waals surface area contributed by atoms with Crippen LogP contribution in [0.4, 0.5) is 0 Å². The smallest absolute Gasteiger partial charge is 0.134 e. The van der Waals surface area contributed by atoms with E-state index in [2.05, 4.69) is 50.2 Å². The molecular formula is C18H19NO. The van der Waals surface area contributed by atoms with Crippen LogP contribution >= 0.6 is 0 Å². The molecule has 0 aliphatic carbocycles. The van der Waals surface area contributed by atoms with Gasteiger partial charge in [-0.3, -0.25) is 0 Å². The summed E-state index contributed by atoms with van der Waals surface area (Å²) in [6.45, 7) is 4.20. The lowest BCUT2D eigenvalue weighted by atomic mass is 10.0. The lowest BCUT2D eigenvalue weighted by Crippen LogP contribution is -2.13. The summed E-state index contributed by atoms with van der Waals surface area (Å²) in [5.41, 5.74) is 11.0. The summed E-state index contributed by atoms with van der Waals surface area (Å²) < 4.78 is 5.87. The molecular weight excluding hydrogens is 246 g/mol. The first-order valence-electron chi connectivity index (χ1n) is 6.93. The maximum Gasteiger partial charge on any atom is 0.134 e. The van der Waals surface area contributed by atoms with Crippen molar-refractivity contribution in [1.29, 1.82) is 0 Å². The van der Waals surface area contributed by atoms with E-state index in [0.717, 1.165) is 23.2 Å². The highest BCUT2D eigenvalue weighted by atomic mass is 16.3. The minimum atomic E-state index is -0.108. The highest BCUT2D eigenvalue weighted by Gasteiger charge is 2.13. The lowest BCUT2D eigenvalue weighted by molar-refractivity contribution is 0.493. The monoisotopic (exact) mass is 265 g/mol. The highest BCUT2D eigenvalue weighted by molar-refractivity contribution is 5.78. The molecule has 2 aromatic carbocycles. The third-order valence-corrected chi connectivity index (χ3v) is 3.76. The number of hydrogen-bond donors (Lipinski definition) is 1. The Morgan fingerprint density at radius 3 is 2.65 bits per heavy atom. The van der Waals surface area contributed by atoms with Crippen molar-refractivity contribution < 1.29 is 4.42 Å². The van der Waals surface area contributed by atoms with E-state index in [1.54, 1.807) is 0 Å². The van der Waals surface area contributed by atoms with Crippen LogP contribution in [-0.2, 0) is 6.42 Å². The van der Waals surface area contributed by atoms with Crippen molar-refractivity contribution in [3.05, 3.63) is 71.0 Å². The van der Waals surface area contributed by atoms with E-state index in [-0.39, 0.29) is 6.04 Å². The van der Waals surface area contributed by atoms with Crippen LogP contribution in [0.25, 0.3) is 11.0 Å². The molecule has 2 nitrogen and oxygen atoms in total. The minimum Gasteiger partial charge on any atom is -0.459 e. The standard InChI is InChI=1S/C18H19NO/c1-12-7-8-17-15(9-12)11-18(20-17)16(19)10-14-6-4-3-5-13(14)2/h3-9,11,16H,10,19H2,1-2H3. The molecule has 0 spiro atoms. The van der Waals surface area contributed by atoms with Gasteiger partial charge in [0.05, 0.1) is 6.04 Å². The predicted octanol–water partition coefficient (Wildman–Crippen LogP) is 4.29. The van der Waals surface area contributed by atoms with Crippen LogP contribution in [0.2, 0.25) is 0 Å². The van der Waals surface area contributed by atoms with E-state index in [4.69, 9.17) is 10.2 Å². The van der Waals surface area contributed by atoms with Crippen LogP contribution in [0.3, 0.4) is 0 Å². The second kappa shape index (κ2) is 5.14. The molecule has 0 saturated carbocycles. The zero-order chi connectivity index (χ0) is 14.1. The molecule has 102 valence electrons. The fourth-order valence-corrected chi connectivity index (χ4v) is 2.54. The van der Waals surface area contributed by atoms with E-state index >= 15 is 0 Å². The van der Waals surface area contributed by atoms with Crippen LogP contribution < -0.4 is 5.73 Å². The molecule has 20 heavy (non-hydrogen) atoms. The predicted molar refractivity (Wildman–Crippen MR) is 82.8 cm³/mol. The fourth-order valence-electron chi connectivity index (χ4n) is 2.54. The van der Waals surface area contributed by atoms with E-state index in [1.165, 1.54) is 16.7 Å². The van der Waals surface area contributed by atoms with Gasteiger partial charge in [-0.05, 0) is 49.6 Å². The van der Waals surface area contributed by atoms with E-state index in [0.29, 0.717) is 0 Å². The molecule has 0 aliphatic rings. The van der Waals surface area contributed by atoms with E-state index < -0.39 is 0 Å². The molecule has 2 N–H and O–H groups in total. The topological polar surface area (TPSA) is 39.2 Å². The third-order valence-electron chi connectivity index (χ3n) is 3.76. The van der Waals surface area contributed by atoms with Gasteiger partial charge in [0.25, 0.3) is 0 Å². The number of hydrogen-bond acceptors (Lipinski definition) is 2. The quantitative estimate of drug-likeness (QED) is 0.767. The van der Waals surface area contributed by atoms with E-state index in [1.807, 2.05) is 12.1 Å². The van der Waals surface area contributed by atoms with Gasteiger partial charge in [0.15, 0.2) is 0 Å². The minimum absolute atomic E-state index is 0.108. The van der Waals surface area contributed by atoms with Crippen molar-refractivity contribution in [2.24, 2.45) is 5.73 Å². The van der Waals surface area contributed by atoms with Crippen molar-refractivity contribution in [2.45, 2.75) is 26.3 Å². The van der Waals surface area contributed by atoms with Gasteiger partial charge in [-0.2, -0.15) is 0 Å². The second-order valence-corrected chi connectivity index (χ2v) is 5.43. The van der Waals surface area contributed by atoms with E-state index in [9.17, 15) is 0 Å². The van der Waals surface area contributed by atoms with Gasteiger partial charge in [0.2, 0.25) is 0 Å². The number of furan rings is 1. The zero-order valence-electron chi connectivity index (χ0n) is 11.9. The summed E-state index contributed by atoms with van der Waals surface area (Å²) in [7, 11) is 0. The number of fused-ring (bicyclic) bond motifs is 1. The average molecular weight is 265 g/mol. The molecule has 3 aromatic rings. The first kappa shape index (κ1) is 12.9. The summed E-state index contributed by atoms with van der Waals surface area (Å²) in [6, 6.07) is 16.5. The molecule has 1 atom stereocenters. The fraction of sp³-hybridized carbons (Fsp3) is 0.222. The largest absolute Gasteiger partial charge is 0.459 e. The molecule has 3 rings (SSSR count). The molecule has 0 fully saturated rings. The number of benzene rings is 2. The Labute approximate surface area is 119 Å². The summed E-state index contributed by atoms with van der Waals surface area (Å²) >= 11 is 0. The van der Waals surface area contributed by atoms with Crippen LogP contribution in [0.1, 0.15) is 28.5 Å². The lowest BCUT2D eigenvalue weighted by Gasteiger charge is -2.10. The summed E-state index contributed by atoms with van der Waals surface area (Å²) in [5.74, 6) is 0.855. The van der Waals surface area contributed by atoms with Crippen LogP contribution in [0, 0.1) is 13.8 Å². The van der Waals surface area contributed by atoms with Crippen molar-refractivity contribution in [3.63, 3.8) is 0 Å². The van der Waals surface area contributed by atoms with Crippen molar-refractivity contribution in [2.75, 3.05) is 0 Å². The van der Waals surface area contributed by atoms with Gasteiger partial charge < -0.3 is 10.2 Å². The summed E-state index contributed by atoms with van der Waals surface area (Å²) in [5, 5.41) is 1.13. The Bertz CT molecular complexity index is 742. The molecule has 0 saturated heterocycles. The Kier molecular flexibility index (Phi) is 3.33. The molecule has 1 unspecified atom stereocenters. The molecule has 1 aromatic heterocycles. The Balaban J connectivity index is 1.89. The first-order chi connectivity index (χ1) is 9.63. The van der Waals surface area contributed by atoms with Gasteiger partial charge >= 0.3 is 0 Å². The molecule has 0 amide bonds. The molecule has 0 aliphatic heterocycles. The molecule has 0 radical (unpaired) electrons. The van der Waals surface area contributed by atoms with Gasteiger partial charge in [0, 0.05) is 5.39 Å². The SMILES string of the molecule is Cc1ccc2oc(C(N)Cc3ccccc3C)cc2c1. The van der Waals surface area contributed by atoms with Crippen LogP contribution in [0.5, 0.6) is 0 Å². The number of nitrogens with two attached hydrogens (primary N) is 1. The van der Waals surface area contributed by atoms with Crippen LogP contribution in [0.15, 0.2) is 52.9 Å². The summed E-state index contributed by atoms with van der Waals surface area (Å²) in [4.78, 5) is 0. The van der Waals surface area contributed by atoms with Crippen molar-refractivity contribution in [3.8, 4) is 0 Å². The van der Waals surface area contributed by atoms with Gasteiger partial charge in [-0.1, -0.05) is 35.9 Å². The Morgan fingerprint density at radius 2 is 1.85 bits per heavy atom. The van der Waals surface area contributed by atoms with Gasteiger partial charge in [0.1, 0.15) is 11.3 Å². The van der Waals surface area contributed by atoms with Gasteiger partial charge in [-0.25, -0.2) is 0 Å². The first-order valence-corrected chi connectivity index (χ1v) is 6.93. The Morgan fingerprint density at radius 1 is 1.05 bits per heavy atom. The third kappa shape index (κ3) is 2.47. The van der Waals surface area contributed by atoms with Gasteiger partial charge in [-0.15, -0.1) is 0 Å². The highest BCUT2D eigenvalue weighted by Crippen LogP contribution is 2.26. The number of rotatable bonds is 3. The second-order valence-electron chi connectivity index (χ2n) is 5.43. The summed E-state index contributed by atoms with van der Waals surface area (Å²) in [6.07, 6.45) is 0.797. The normalized spacial score (nSPS) is 12.8.